The second kappa shape index (κ2) is 7.58. The number of thioether (sulfide) groups is 1. The van der Waals surface area contributed by atoms with Crippen molar-refractivity contribution in [1.29, 1.82) is 0 Å². The third-order valence-corrected chi connectivity index (χ3v) is 4.74. The molecule has 0 saturated heterocycles. The van der Waals surface area contributed by atoms with Crippen LogP contribution in [0, 0.1) is 0 Å². The van der Waals surface area contributed by atoms with Gasteiger partial charge in [0.25, 0.3) is 5.22 Å². The molecule has 0 aromatic carbocycles. The van der Waals surface area contributed by atoms with Crippen LogP contribution in [-0.2, 0) is 11.3 Å². The summed E-state index contributed by atoms with van der Waals surface area (Å²) in [4.78, 5) is 16.1. The Morgan fingerprint density at radius 1 is 1.43 bits per heavy atom. The maximum absolute atomic E-state index is 12.2. The van der Waals surface area contributed by atoms with E-state index in [-0.39, 0.29) is 11.2 Å². The summed E-state index contributed by atoms with van der Waals surface area (Å²) < 4.78 is 7.14. The first-order valence-electron chi connectivity index (χ1n) is 7.82. The Kier molecular flexibility index (Phi) is 5.27. The zero-order valence-electron chi connectivity index (χ0n) is 13.0. The lowest BCUT2D eigenvalue weighted by Crippen LogP contribution is -2.40. The summed E-state index contributed by atoms with van der Waals surface area (Å²) in [6, 6.07) is 0.310. The summed E-state index contributed by atoms with van der Waals surface area (Å²) in [6.45, 7) is 2.22. The molecule has 3 rings (SSSR count). The first-order chi connectivity index (χ1) is 11.2. The van der Waals surface area contributed by atoms with E-state index >= 15 is 0 Å². The minimum Gasteiger partial charge on any atom is -0.414 e. The van der Waals surface area contributed by atoms with Gasteiger partial charge in [0.15, 0.2) is 0 Å². The number of nitrogens with one attached hydrogen (secondary N) is 1. The molecule has 1 aliphatic rings. The number of nitrogens with zero attached hydrogens (tertiary/aromatic N) is 5. The molecule has 2 heterocycles. The molecule has 0 bridgehead atoms. The monoisotopic (exact) mass is 336 g/mol. The van der Waals surface area contributed by atoms with Gasteiger partial charge in [0.1, 0.15) is 19.2 Å². The number of carbonyl (C=O) groups excluding carboxylic acids is 1. The highest BCUT2D eigenvalue weighted by Crippen LogP contribution is 2.23. The average Bonchev–Trinajstić information content (AvgIpc) is 3.21. The quantitative estimate of drug-likeness (QED) is 0.801. The molecule has 0 unspecified atom stereocenters. The Balaban J connectivity index is 1.49. The second-order valence-electron chi connectivity index (χ2n) is 5.66. The standard InChI is InChI=1S/C14H20N6O2S/c1-10(13(21)17-11-5-3-2-4-6-11)23-14-19-18-12(22-14)7-20-9-15-8-16-20/h8-11H,2-7H2,1H3,(H,17,21)/t10-/m0/s1. The number of hydrogen-bond donors (Lipinski definition) is 1. The molecular weight excluding hydrogens is 316 g/mol. The normalized spacial score (nSPS) is 17.1. The molecular formula is C14H20N6O2S. The molecule has 0 radical (unpaired) electrons. The summed E-state index contributed by atoms with van der Waals surface area (Å²) >= 11 is 1.28. The van der Waals surface area contributed by atoms with Crippen LogP contribution in [0.25, 0.3) is 0 Å². The molecule has 1 atom stereocenters. The van der Waals surface area contributed by atoms with E-state index in [1.807, 2.05) is 6.92 Å². The van der Waals surface area contributed by atoms with E-state index in [4.69, 9.17) is 4.42 Å². The molecule has 9 heteroatoms. The van der Waals surface area contributed by atoms with Crippen LogP contribution in [0.2, 0.25) is 0 Å². The zero-order chi connectivity index (χ0) is 16.1. The van der Waals surface area contributed by atoms with E-state index in [1.54, 1.807) is 11.0 Å². The molecule has 124 valence electrons. The third-order valence-electron chi connectivity index (χ3n) is 3.81. The number of carbonyl (C=O) groups is 1. The molecule has 0 spiro atoms. The van der Waals surface area contributed by atoms with Crippen molar-refractivity contribution in [2.45, 2.75) is 62.1 Å². The van der Waals surface area contributed by atoms with Crippen LogP contribution in [0.15, 0.2) is 22.3 Å². The van der Waals surface area contributed by atoms with Gasteiger partial charge in [-0.15, -0.1) is 10.2 Å². The molecule has 1 amide bonds. The van der Waals surface area contributed by atoms with Gasteiger partial charge in [0.05, 0.1) is 5.25 Å². The largest absolute Gasteiger partial charge is 0.414 e. The average molecular weight is 336 g/mol. The molecule has 2 aromatic heterocycles. The number of rotatable bonds is 6. The van der Waals surface area contributed by atoms with E-state index in [9.17, 15) is 4.79 Å². The fourth-order valence-corrected chi connectivity index (χ4v) is 3.28. The Labute approximate surface area is 138 Å². The van der Waals surface area contributed by atoms with Crippen molar-refractivity contribution in [2.75, 3.05) is 0 Å². The second-order valence-corrected chi connectivity index (χ2v) is 6.95. The van der Waals surface area contributed by atoms with Gasteiger partial charge in [-0.05, 0) is 19.8 Å². The van der Waals surface area contributed by atoms with Gasteiger partial charge in [0.2, 0.25) is 11.8 Å². The molecule has 23 heavy (non-hydrogen) atoms. The number of amides is 1. The fraction of sp³-hybridized carbons (Fsp3) is 0.643. The summed E-state index contributed by atoms with van der Waals surface area (Å²) in [5.41, 5.74) is 0. The van der Waals surface area contributed by atoms with Crippen LogP contribution in [-0.4, -0.2) is 42.2 Å². The third kappa shape index (κ3) is 4.54. The Morgan fingerprint density at radius 2 is 2.26 bits per heavy atom. The molecule has 1 saturated carbocycles. The molecule has 2 aromatic rings. The maximum atomic E-state index is 12.2. The van der Waals surface area contributed by atoms with E-state index in [1.165, 1.54) is 37.4 Å². The minimum absolute atomic E-state index is 0.0259. The summed E-state index contributed by atoms with van der Waals surface area (Å²) in [7, 11) is 0. The van der Waals surface area contributed by atoms with Crippen LogP contribution in [0.4, 0.5) is 0 Å². The van der Waals surface area contributed by atoms with Crippen LogP contribution < -0.4 is 5.32 Å². The minimum atomic E-state index is -0.267. The smallest absolute Gasteiger partial charge is 0.277 e. The van der Waals surface area contributed by atoms with E-state index in [0.717, 1.165) is 12.8 Å². The summed E-state index contributed by atoms with van der Waals surface area (Å²) in [5.74, 6) is 0.468. The SMILES string of the molecule is C[C@H](Sc1nnc(Cn2cncn2)o1)C(=O)NC1CCCCC1. The van der Waals surface area contributed by atoms with Crippen molar-refractivity contribution < 1.29 is 9.21 Å². The summed E-state index contributed by atoms with van der Waals surface area (Å²) in [5, 5.41) is 15.2. The first-order valence-corrected chi connectivity index (χ1v) is 8.70. The van der Waals surface area contributed by atoms with Crippen molar-refractivity contribution in [3.05, 3.63) is 18.5 Å². The zero-order valence-corrected chi connectivity index (χ0v) is 13.8. The van der Waals surface area contributed by atoms with Gasteiger partial charge in [-0.1, -0.05) is 31.0 Å². The Bertz CT molecular complexity index is 623. The van der Waals surface area contributed by atoms with Crippen molar-refractivity contribution in [1.82, 2.24) is 30.3 Å². The van der Waals surface area contributed by atoms with E-state index in [0.29, 0.717) is 23.7 Å². The van der Waals surface area contributed by atoms with Gasteiger partial charge in [-0.25, -0.2) is 9.67 Å². The van der Waals surface area contributed by atoms with Crippen LogP contribution in [0.1, 0.15) is 44.9 Å². The number of aromatic nitrogens is 5. The van der Waals surface area contributed by atoms with Crippen LogP contribution in [0.5, 0.6) is 0 Å². The van der Waals surface area contributed by atoms with Crippen molar-refractivity contribution in [3.8, 4) is 0 Å². The van der Waals surface area contributed by atoms with Crippen LogP contribution in [0.3, 0.4) is 0 Å². The topological polar surface area (TPSA) is 98.7 Å². The molecule has 0 aliphatic heterocycles. The van der Waals surface area contributed by atoms with Gasteiger partial charge in [-0.3, -0.25) is 4.79 Å². The van der Waals surface area contributed by atoms with Gasteiger partial charge < -0.3 is 9.73 Å². The predicted molar refractivity (Wildman–Crippen MR) is 83.8 cm³/mol. The van der Waals surface area contributed by atoms with E-state index in [2.05, 4.69) is 25.6 Å². The van der Waals surface area contributed by atoms with Crippen molar-refractivity contribution in [3.63, 3.8) is 0 Å². The number of hydrogen-bond acceptors (Lipinski definition) is 7. The predicted octanol–water partition coefficient (Wildman–Crippen LogP) is 1.64. The lowest BCUT2D eigenvalue weighted by molar-refractivity contribution is -0.121. The summed E-state index contributed by atoms with van der Waals surface area (Å²) in [6.07, 6.45) is 8.84. The highest BCUT2D eigenvalue weighted by Gasteiger charge is 2.22. The lowest BCUT2D eigenvalue weighted by Gasteiger charge is -2.23. The highest BCUT2D eigenvalue weighted by molar-refractivity contribution is 8.00. The van der Waals surface area contributed by atoms with Gasteiger partial charge in [0, 0.05) is 6.04 Å². The van der Waals surface area contributed by atoms with Crippen molar-refractivity contribution in [2.24, 2.45) is 0 Å². The van der Waals surface area contributed by atoms with Crippen molar-refractivity contribution >= 4 is 17.7 Å². The lowest BCUT2D eigenvalue weighted by atomic mass is 9.95. The Morgan fingerprint density at radius 3 is 3.00 bits per heavy atom. The highest BCUT2D eigenvalue weighted by atomic mass is 32.2. The first kappa shape index (κ1) is 16.0. The van der Waals surface area contributed by atoms with Crippen LogP contribution >= 0.6 is 11.8 Å². The maximum Gasteiger partial charge on any atom is 0.277 e. The molecule has 8 nitrogen and oxygen atoms in total. The molecule has 1 aliphatic carbocycles. The van der Waals surface area contributed by atoms with Gasteiger partial charge >= 0.3 is 0 Å². The molecule has 1 fully saturated rings. The van der Waals surface area contributed by atoms with E-state index < -0.39 is 0 Å². The van der Waals surface area contributed by atoms with Gasteiger partial charge in [-0.2, -0.15) is 5.10 Å². The Hall–Kier alpha value is -1.90. The fourth-order valence-electron chi connectivity index (χ4n) is 2.57. The molecule has 1 N–H and O–H groups in total.